The standard InChI is InChI=1S/C9H14F3N3O2.ClH/c1-2-3-15(6-9(10,11)12)8(17)5-14-7(16)4-13;/h2H,1,3-6,13H2,(H,14,16);1H. The highest BCUT2D eigenvalue weighted by Gasteiger charge is 2.32. The topological polar surface area (TPSA) is 75.4 Å². The van der Waals surface area contributed by atoms with E-state index in [1.54, 1.807) is 0 Å². The Morgan fingerprint density at radius 1 is 1.39 bits per heavy atom. The zero-order valence-electron chi connectivity index (χ0n) is 9.50. The first-order chi connectivity index (χ1) is 7.80. The SMILES string of the molecule is C=CCN(CC(F)(F)F)C(=O)CNC(=O)CN.Cl. The Morgan fingerprint density at radius 2 is 1.94 bits per heavy atom. The van der Waals surface area contributed by atoms with E-state index < -0.39 is 31.1 Å². The molecule has 106 valence electrons. The van der Waals surface area contributed by atoms with Crippen LogP contribution < -0.4 is 11.1 Å². The van der Waals surface area contributed by atoms with Crippen molar-refractivity contribution in [1.82, 2.24) is 10.2 Å². The number of nitrogens with two attached hydrogens (primary N) is 1. The number of alkyl halides is 3. The lowest BCUT2D eigenvalue weighted by Crippen LogP contribution is -2.45. The molecule has 0 radical (unpaired) electrons. The van der Waals surface area contributed by atoms with Crippen molar-refractivity contribution in [1.29, 1.82) is 0 Å². The predicted molar refractivity (Wildman–Crippen MR) is 62.1 cm³/mol. The van der Waals surface area contributed by atoms with Crippen LogP contribution in [0.5, 0.6) is 0 Å². The fourth-order valence-corrected chi connectivity index (χ4v) is 0.985. The Hall–Kier alpha value is -1.28. The highest BCUT2D eigenvalue weighted by molar-refractivity contribution is 5.85. The van der Waals surface area contributed by atoms with Crippen molar-refractivity contribution >= 4 is 24.2 Å². The summed E-state index contributed by atoms with van der Waals surface area (Å²) in [6.45, 7) is 0.799. The van der Waals surface area contributed by atoms with Crippen LogP contribution in [0.1, 0.15) is 0 Å². The van der Waals surface area contributed by atoms with Gasteiger partial charge in [0.25, 0.3) is 0 Å². The average molecular weight is 290 g/mol. The Bertz CT molecular complexity index is 297. The van der Waals surface area contributed by atoms with Crippen LogP contribution in [0, 0.1) is 0 Å². The second kappa shape index (κ2) is 8.76. The molecule has 0 aliphatic carbocycles. The summed E-state index contributed by atoms with van der Waals surface area (Å²) < 4.78 is 36.4. The van der Waals surface area contributed by atoms with Crippen molar-refractivity contribution < 1.29 is 22.8 Å². The Morgan fingerprint density at radius 3 is 2.33 bits per heavy atom. The first kappa shape index (κ1) is 19.1. The summed E-state index contributed by atoms with van der Waals surface area (Å²) in [7, 11) is 0. The Balaban J connectivity index is 0. The maximum absolute atomic E-state index is 12.1. The zero-order valence-corrected chi connectivity index (χ0v) is 10.3. The molecule has 2 amide bonds. The van der Waals surface area contributed by atoms with E-state index in [2.05, 4.69) is 11.9 Å². The normalized spacial score (nSPS) is 10.2. The van der Waals surface area contributed by atoms with Crippen LogP contribution >= 0.6 is 12.4 Å². The molecule has 0 aromatic heterocycles. The zero-order chi connectivity index (χ0) is 13.5. The third-order valence-electron chi connectivity index (χ3n) is 1.69. The molecule has 18 heavy (non-hydrogen) atoms. The first-order valence-corrected chi connectivity index (χ1v) is 4.72. The van der Waals surface area contributed by atoms with Crippen molar-refractivity contribution in [3.63, 3.8) is 0 Å². The minimum atomic E-state index is -4.49. The molecule has 0 rings (SSSR count). The van der Waals surface area contributed by atoms with Gasteiger partial charge < -0.3 is 16.0 Å². The molecule has 0 aliphatic rings. The van der Waals surface area contributed by atoms with Crippen molar-refractivity contribution in [2.24, 2.45) is 5.73 Å². The summed E-state index contributed by atoms with van der Waals surface area (Å²) in [5, 5.41) is 2.10. The lowest BCUT2D eigenvalue weighted by atomic mass is 10.4. The summed E-state index contributed by atoms with van der Waals surface area (Å²) in [6.07, 6.45) is -3.31. The molecule has 0 saturated heterocycles. The van der Waals surface area contributed by atoms with Crippen LogP contribution in [0.25, 0.3) is 0 Å². The van der Waals surface area contributed by atoms with Crippen LogP contribution in [0.2, 0.25) is 0 Å². The number of hydrogen-bond acceptors (Lipinski definition) is 3. The molecule has 0 atom stereocenters. The molecular formula is C9H15ClF3N3O2. The number of carbonyl (C=O) groups is 2. The summed E-state index contributed by atoms with van der Waals surface area (Å²) in [5.41, 5.74) is 4.96. The molecule has 0 heterocycles. The fourth-order valence-electron chi connectivity index (χ4n) is 0.985. The van der Waals surface area contributed by atoms with Gasteiger partial charge in [0.2, 0.25) is 11.8 Å². The van der Waals surface area contributed by atoms with Gasteiger partial charge in [-0.15, -0.1) is 19.0 Å². The third kappa shape index (κ3) is 8.82. The molecule has 0 spiro atoms. The predicted octanol–water partition coefficient (Wildman–Crippen LogP) is 0.0600. The van der Waals surface area contributed by atoms with Gasteiger partial charge in [0, 0.05) is 6.54 Å². The van der Waals surface area contributed by atoms with E-state index in [1.807, 2.05) is 0 Å². The van der Waals surface area contributed by atoms with Gasteiger partial charge in [0.1, 0.15) is 6.54 Å². The summed E-state index contributed by atoms with van der Waals surface area (Å²) in [6, 6.07) is 0. The summed E-state index contributed by atoms with van der Waals surface area (Å²) in [4.78, 5) is 22.6. The smallest absolute Gasteiger partial charge is 0.346 e. The van der Waals surface area contributed by atoms with Crippen molar-refractivity contribution in [3.05, 3.63) is 12.7 Å². The third-order valence-corrected chi connectivity index (χ3v) is 1.69. The quantitative estimate of drug-likeness (QED) is 0.679. The number of halogens is 4. The average Bonchev–Trinajstić information content (AvgIpc) is 2.23. The van der Waals surface area contributed by atoms with Crippen LogP contribution in [-0.2, 0) is 9.59 Å². The molecule has 3 N–H and O–H groups in total. The lowest BCUT2D eigenvalue weighted by Gasteiger charge is -2.22. The molecular weight excluding hydrogens is 275 g/mol. The second-order valence-corrected chi connectivity index (χ2v) is 3.16. The molecule has 0 saturated carbocycles. The number of amides is 2. The van der Waals surface area contributed by atoms with Crippen LogP contribution in [0.3, 0.4) is 0 Å². The van der Waals surface area contributed by atoms with Crippen molar-refractivity contribution in [2.75, 3.05) is 26.2 Å². The van der Waals surface area contributed by atoms with E-state index in [0.29, 0.717) is 4.90 Å². The number of carbonyl (C=O) groups excluding carboxylic acids is 2. The Labute approximate surface area is 109 Å². The number of nitrogens with one attached hydrogen (secondary N) is 1. The van der Waals surface area contributed by atoms with E-state index in [9.17, 15) is 22.8 Å². The van der Waals surface area contributed by atoms with Gasteiger partial charge in [0.05, 0.1) is 13.1 Å². The van der Waals surface area contributed by atoms with Gasteiger partial charge >= 0.3 is 6.18 Å². The van der Waals surface area contributed by atoms with E-state index in [4.69, 9.17) is 5.73 Å². The van der Waals surface area contributed by atoms with Gasteiger partial charge in [-0.25, -0.2) is 0 Å². The Kier molecular flexibility index (Phi) is 9.28. The molecule has 0 bridgehead atoms. The van der Waals surface area contributed by atoms with E-state index >= 15 is 0 Å². The maximum Gasteiger partial charge on any atom is 0.406 e. The minimum absolute atomic E-state index is 0. The summed E-state index contributed by atoms with van der Waals surface area (Å²) in [5.74, 6) is -1.45. The highest BCUT2D eigenvalue weighted by atomic mass is 35.5. The van der Waals surface area contributed by atoms with Gasteiger partial charge in [0.15, 0.2) is 0 Å². The minimum Gasteiger partial charge on any atom is -0.346 e. The number of rotatable bonds is 6. The van der Waals surface area contributed by atoms with Gasteiger partial charge in [-0.2, -0.15) is 13.2 Å². The highest BCUT2D eigenvalue weighted by Crippen LogP contribution is 2.16. The van der Waals surface area contributed by atoms with Gasteiger partial charge in [-0.3, -0.25) is 9.59 Å². The van der Waals surface area contributed by atoms with Crippen LogP contribution in [-0.4, -0.2) is 49.1 Å². The maximum atomic E-state index is 12.1. The fraction of sp³-hybridized carbons (Fsp3) is 0.556. The molecule has 0 aromatic carbocycles. The molecule has 9 heteroatoms. The van der Waals surface area contributed by atoms with E-state index in [1.165, 1.54) is 6.08 Å². The molecule has 0 aromatic rings. The lowest BCUT2D eigenvalue weighted by molar-refractivity contribution is -0.159. The van der Waals surface area contributed by atoms with Gasteiger partial charge in [-0.05, 0) is 0 Å². The summed E-state index contributed by atoms with van der Waals surface area (Å²) >= 11 is 0. The van der Waals surface area contributed by atoms with Gasteiger partial charge in [-0.1, -0.05) is 6.08 Å². The van der Waals surface area contributed by atoms with E-state index in [0.717, 1.165) is 0 Å². The van der Waals surface area contributed by atoms with Crippen LogP contribution in [0.4, 0.5) is 13.2 Å². The van der Waals surface area contributed by atoms with Crippen molar-refractivity contribution in [3.8, 4) is 0 Å². The molecule has 0 aliphatic heterocycles. The van der Waals surface area contributed by atoms with E-state index in [-0.39, 0.29) is 25.5 Å². The number of nitrogens with zero attached hydrogens (tertiary/aromatic N) is 1. The molecule has 0 fully saturated rings. The molecule has 0 unspecified atom stereocenters. The van der Waals surface area contributed by atoms with Crippen LogP contribution in [0.15, 0.2) is 12.7 Å². The monoisotopic (exact) mass is 289 g/mol. The first-order valence-electron chi connectivity index (χ1n) is 4.72. The largest absolute Gasteiger partial charge is 0.406 e. The second-order valence-electron chi connectivity index (χ2n) is 3.16. The van der Waals surface area contributed by atoms with Crippen molar-refractivity contribution in [2.45, 2.75) is 6.18 Å². The molecule has 5 nitrogen and oxygen atoms in total. The number of hydrogen-bond donors (Lipinski definition) is 2.